The lowest BCUT2D eigenvalue weighted by atomic mass is 10.1. The Bertz CT molecular complexity index is 632. The van der Waals surface area contributed by atoms with E-state index in [4.69, 9.17) is 0 Å². The van der Waals surface area contributed by atoms with Crippen LogP contribution in [-0.2, 0) is 6.18 Å². The minimum absolute atomic E-state index is 0.171. The SMILES string of the molecule is Cc1cc(-n2ccc(C(F)(F)F)n2)c([C@@H](C)O)cc1F. The van der Waals surface area contributed by atoms with E-state index >= 15 is 0 Å². The quantitative estimate of drug-likeness (QED) is 0.860. The van der Waals surface area contributed by atoms with Gasteiger partial charge in [-0.05, 0) is 37.6 Å². The number of halogens is 4. The second-order valence-corrected chi connectivity index (χ2v) is 4.48. The Labute approximate surface area is 112 Å². The molecule has 0 aliphatic carbocycles. The number of hydrogen-bond acceptors (Lipinski definition) is 2. The minimum Gasteiger partial charge on any atom is -0.389 e. The van der Waals surface area contributed by atoms with Gasteiger partial charge in [-0.15, -0.1) is 0 Å². The molecule has 0 fully saturated rings. The van der Waals surface area contributed by atoms with Gasteiger partial charge in [-0.2, -0.15) is 18.3 Å². The molecule has 1 atom stereocenters. The normalized spacial score (nSPS) is 13.6. The zero-order valence-electron chi connectivity index (χ0n) is 10.7. The predicted molar refractivity (Wildman–Crippen MR) is 63.9 cm³/mol. The highest BCUT2D eigenvalue weighted by Gasteiger charge is 2.33. The fraction of sp³-hybridized carbons (Fsp3) is 0.308. The third kappa shape index (κ3) is 2.67. The number of aliphatic hydroxyl groups excluding tert-OH is 1. The highest BCUT2D eigenvalue weighted by atomic mass is 19.4. The number of nitrogens with zero attached hydrogens (tertiary/aromatic N) is 2. The molecule has 1 heterocycles. The summed E-state index contributed by atoms with van der Waals surface area (Å²) in [4.78, 5) is 0. The van der Waals surface area contributed by atoms with Crippen LogP contribution in [0.5, 0.6) is 0 Å². The van der Waals surface area contributed by atoms with Crippen LogP contribution in [0.25, 0.3) is 5.69 Å². The van der Waals surface area contributed by atoms with Gasteiger partial charge < -0.3 is 5.11 Å². The summed E-state index contributed by atoms with van der Waals surface area (Å²) in [5.41, 5.74) is -0.399. The van der Waals surface area contributed by atoms with Crippen molar-refractivity contribution in [2.45, 2.75) is 26.1 Å². The zero-order chi connectivity index (χ0) is 15.1. The molecule has 0 saturated carbocycles. The Kier molecular flexibility index (Phi) is 3.56. The van der Waals surface area contributed by atoms with Crippen molar-refractivity contribution >= 4 is 0 Å². The molecule has 0 radical (unpaired) electrons. The van der Waals surface area contributed by atoms with Gasteiger partial charge in [0.2, 0.25) is 0 Å². The molecule has 7 heteroatoms. The number of aliphatic hydroxyl groups is 1. The van der Waals surface area contributed by atoms with Gasteiger partial charge in [-0.3, -0.25) is 0 Å². The molecule has 108 valence electrons. The Morgan fingerprint density at radius 3 is 2.45 bits per heavy atom. The molecule has 3 nitrogen and oxygen atoms in total. The number of alkyl halides is 3. The van der Waals surface area contributed by atoms with E-state index in [2.05, 4.69) is 5.10 Å². The summed E-state index contributed by atoms with van der Waals surface area (Å²) in [6, 6.07) is 3.28. The maximum atomic E-state index is 13.5. The molecule has 0 aliphatic heterocycles. The van der Waals surface area contributed by atoms with Crippen LogP contribution >= 0.6 is 0 Å². The molecule has 0 spiro atoms. The number of aromatic nitrogens is 2. The van der Waals surface area contributed by atoms with Gasteiger partial charge in [-0.1, -0.05) is 0 Å². The van der Waals surface area contributed by atoms with Crippen LogP contribution in [0.4, 0.5) is 17.6 Å². The third-order valence-electron chi connectivity index (χ3n) is 2.88. The van der Waals surface area contributed by atoms with Gasteiger partial charge in [0, 0.05) is 11.8 Å². The van der Waals surface area contributed by atoms with Gasteiger partial charge >= 0.3 is 6.18 Å². The van der Waals surface area contributed by atoms with E-state index in [-0.39, 0.29) is 16.8 Å². The monoisotopic (exact) mass is 288 g/mol. The van der Waals surface area contributed by atoms with Crippen molar-refractivity contribution in [3.05, 3.63) is 47.0 Å². The highest BCUT2D eigenvalue weighted by Crippen LogP contribution is 2.30. The topological polar surface area (TPSA) is 38.0 Å². The first-order chi connectivity index (χ1) is 9.20. The summed E-state index contributed by atoms with van der Waals surface area (Å²) in [5, 5.41) is 13.0. The van der Waals surface area contributed by atoms with E-state index in [0.29, 0.717) is 0 Å². The highest BCUT2D eigenvalue weighted by molar-refractivity contribution is 5.45. The van der Waals surface area contributed by atoms with Crippen LogP contribution in [0.3, 0.4) is 0 Å². The molecule has 0 bridgehead atoms. The second kappa shape index (κ2) is 4.90. The lowest BCUT2D eigenvalue weighted by molar-refractivity contribution is -0.141. The molecule has 1 N–H and O–H groups in total. The largest absolute Gasteiger partial charge is 0.435 e. The molecule has 1 aromatic heterocycles. The molecule has 2 rings (SSSR count). The number of benzene rings is 1. The maximum Gasteiger partial charge on any atom is 0.435 e. The van der Waals surface area contributed by atoms with Crippen molar-refractivity contribution in [2.75, 3.05) is 0 Å². The summed E-state index contributed by atoms with van der Waals surface area (Å²) in [5.74, 6) is -0.534. The lowest BCUT2D eigenvalue weighted by Gasteiger charge is -2.14. The Balaban J connectivity index is 2.57. The van der Waals surface area contributed by atoms with Gasteiger partial charge in [0.05, 0.1) is 11.8 Å². The summed E-state index contributed by atoms with van der Waals surface area (Å²) in [6.07, 6.45) is -4.45. The molecular weight excluding hydrogens is 276 g/mol. The number of rotatable bonds is 2. The Morgan fingerprint density at radius 1 is 1.30 bits per heavy atom. The van der Waals surface area contributed by atoms with Gasteiger partial charge in [0.25, 0.3) is 0 Å². The molecule has 0 amide bonds. The number of aryl methyl sites for hydroxylation is 1. The van der Waals surface area contributed by atoms with Crippen molar-refractivity contribution in [2.24, 2.45) is 0 Å². The first kappa shape index (κ1) is 14.5. The van der Waals surface area contributed by atoms with Crippen LogP contribution in [-0.4, -0.2) is 14.9 Å². The van der Waals surface area contributed by atoms with Crippen molar-refractivity contribution in [3.8, 4) is 5.69 Å². The van der Waals surface area contributed by atoms with E-state index in [9.17, 15) is 22.7 Å². The first-order valence-corrected chi connectivity index (χ1v) is 5.81. The van der Waals surface area contributed by atoms with Gasteiger partial charge in [-0.25, -0.2) is 9.07 Å². The molecule has 0 unspecified atom stereocenters. The predicted octanol–water partition coefficient (Wildman–Crippen LogP) is 3.39. The fourth-order valence-corrected chi connectivity index (χ4v) is 1.82. The van der Waals surface area contributed by atoms with E-state index in [1.165, 1.54) is 19.9 Å². The van der Waals surface area contributed by atoms with Gasteiger partial charge in [0.1, 0.15) is 5.82 Å². The smallest absolute Gasteiger partial charge is 0.389 e. The van der Waals surface area contributed by atoms with Crippen LogP contribution in [0.1, 0.15) is 29.8 Å². The molecule has 2 aromatic rings. The summed E-state index contributed by atoms with van der Waals surface area (Å²) in [7, 11) is 0. The van der Waals surface area contributed by atoms with E-state index in [1.54, 1.807) is 0 Å². The summed E-state index contributed by atoms with van der Waals surface area (Å²) >= 11 is 0. The van der Waals surface area contributed by atoms with Crippen molar-refractivity contribution < 1.29 is 22.7 Å². The first-order valence-electron chi connectivity index (χ1n) is 5.81. The van der Waals surface area contributed by atoms with Crippen molar-refractivity contribution in [1.82, 2.24) is 9.78 Å². The lowest BCUT2D eigenvalue weighted by Crippen LogP contribution is -2.09. The van der Waals surface area contributed by atoms with E-state index in [0.717, 1.165) is 23.0 Å². The van der Waals surface area contributed by atoms with Crippen LogP contribution in [0.15, 0.2) is 24.4 Å². The number of hydrogen-bond donors (Lipinski definition) is 1. The van der Waals surface area contributed by atoms with Crippen LogP contribution in [0, 0.1) is 12.7 Å². The minimum atomic E-state index is -4.55. The van der Waals surface area contributed by atoms with Crippen LogP contribution in [0.2, 0.25) is 0 Å². The third-order valence-corrected chi connectivity index (χ3v) is 2.88. The van der Waals surface area contributed by atoms with E-state index in [1.807, 2.05) is 0 Å². The Hall–Kier alpha value is -1.89. The maximum absolute atomic E-state index is 13.5. The van der Waals surface area contributed by atoms with Crippen LogP contribution < -0.4 is 0 Å². The Morgan fingerprint density at radius 2 is 1.95 bits per heavy atom. The summed E-state index contributed by atoms with van der Waals surface area (Å²) < 4.78 is 52.1. The van der Waals surface area contributed by atoms with Gasteiger partial charge in [0.15, 0.2) is 5.69 Å². The standard InChI is InChI=1S/C13H12F4N2O/c1-7-5-11(9(8(2)20)6-10(7)14)19-4-3-12(18-19)13(15,16)17/h3-6,8,20H,1-2H3/t8-/m1/s1. The second-order valence-electron chi connectivity index (χ2n) is 4.48. The average Bonchev–Trinajstić information content (AvgIpc) is 2.80. The van der Waals surface area contributed by atoms with Crippen molar-refractivity contribution in [3.63, 3.8) is 0 Å². The molecule has 1 aromatic carbocycles. The fourth-order valence-electron chi connectivity index (χ4n) is 1.82. The molecule has 20 heavy (non-hydrogen) atoms. The average molecular weight is 288 g/mol. The zero-order valence-corrected chi connectivity index (χ0v) is 10.7. The molecule has 0 aliphatic rings. The van der Waals surface area contributed by atoms with E-state index < -0.39 is 23.8 Å². The van der Waals surface area contributed by atoms with Crippen molar-refractivity contribution in [1.29, 1.82) is 0 Å². The molecule has 0 saturated heterocycles. The summed E-state index contributed by atoms with van der Waals surface area (Å²) in [6.45, 7) is 2.89. The molecular formula is C13H12F4N2O.